The first-order valence-electron chi connectivity index (χ1n) is 16.9. The van der Waals surface area contributed by atoms with Crippen molar-refractivity contribution in [3.05, 3.63) is 121 Å². The molecule has 0 N–H and O–H groups in total. The molecule has 0 aliphatic rings. The van der Waals surface area contributed by atoms with Crippen LogP contribution in [0, 0.1) is 0 Å². The van der Waals surface area contributed by atoms with Crippen molar-refractivity contribution in [1.82, 2.24) is 0 Å². The molecule has 9 aromatic carbocycles. The van der Waals surface area contributed by atoms with Crippen molar-refractivity contribution in [2.24, 2.45) is 0 Å². The zero-order valence-electron chi connectivity index (χ0n) is 28.2. The molecule has 0 aliphatic heterocycles. The van der Waals surface area contributed by atoms with Gasteiger partial charge in [0, 0.05) is 0 Å². The Morgan fingerprint density at radius 1 is 0.269 bits per heavy atom. The van der Waals surface area contributed by atoms with E-state index in [2.05, 4.69) is 72.8 Å². The van der Waals surface area contributed by atoms with E-state index >= 15 is 0 Å². The van der Waals surface area contributed by atoms with Crippen molar-refractivity contribution in [3.8, 4) is 33.4 Å². The lowest BCUT2D eigenvalue weighted by Crippen LogP contribution is -2.50. The first-order chi connectivity index (χ1) is 25.2. The molecule has 9 aromatic rings. The summed E-state index contributed by atoms with van der Waals surface area (Å²) in [6.07, 6.45) is 0. The number of hydrogen-bond acceptors (Lipinski definition) is 0. The minimum atomic E-state index is 0.181. The number of rotatable bonds is 3. The first-order valence-corrected chi connectivity index (χ1v) is 16.9. The number of hydrogen-bond donors (Lipinski definition) is 0. The van der Waals surface area contributed by atoms with Gasteiger partial charge in [-0.25, -0.2) is 0 Å². The highest BCUT2D eigenvalue weighted by atomic mass is 14.3. The Morgan fingerprint density at radius 2 is 0.712 bits per heavy atom. The zero-order valence-corrected chi connectivity index (χ0v) is 28.2. The molecule has 0 amide bonds. The van der Waals surface area contributed by atoms with E-state index < -0.39 is 0 Å². The summed E-state index contributed by atoms with van der Waals surface area (Å²) in [7, 11) is 54.9. The fraction of sp³-hybridized carbons (Fsp3) is 0. The zero-order chi connectivity index (χ0) is 36.0. The van der Waals surface area contributed by atoms with Crippen LogP contribution in [0.15, 0.2) is 121 Å². The van der Waals surface area contributed by atoms with E-state index in [1.807, 2.05) is 48.5 Å². The lowest BCUT2D eigenvalue weighted by molar-refractivity contribution is 1.64. The molecule has 0 saturated heterocycles. The van der Waals surface area contributed by atoms with Gasteiger partial charge in [0.15, 0.2) is 0 Å². The highest BCUT2D eigenvalue weighted by molar-refractivity contribution is 6.71. The second-order valence-corrected chi connectivity index (χ2v) is 13.4. The monoisotopic (exact) mass is 636 g/mol. The van der Waals surface area contributed by atoms with E-state index in [9.17, 15) is 0 Å². The van der Waals surface area contributed by atoms with E-state index in [0.29, 0.717) is 32.7 Å². The van der Waals surface area contributed by atoms with Gasteiger partial charge >= 0.3 is 0 Å². The van der Waals surface area contributed by atoms with Gasteiger partial charge in [-0.3, -0.25) is 0 Å². The molecule has 0 heterocycles. The van der Waals surface area contributed by atoms with Crippen LogP contribution in [-0.4, -0.2) is 62.8 Å². The van der Waals surface area contributed by atoms with E-state index in [4.69, 9.17) is 62.8 Å². The molecule has 8 heteroatoms. The van der Waals surface area contributed by atoms with Crippen LogP contribution in [0.2, 0.25) is 0 Å². The summed E-state index contributed by atoms with van der Waals surface area (Å²) in [6, 6.07) is 41.4. The molecular formula is C44H20B8. The first kappa shape index (κ1) is 32.7. The van der Waals surface area contributed by atoms with E-state index in [-0.39, 0.29) is 43.7 Å². The normalized spacial score (nSPS) is 11.7. The summed E-state index contributed by atoms with van der Waals surface area (Å²) in [5.74, 6) is 0. The summed E-state index contributed by atoms with van der Waals surface area (Å²) in [5.41, 5.74) is 6.90. The molecule has 0 saturated carbocycles. The maximum Gasteiger partial charge on any atom is 0.113 e. The van der Waals surface area contributed by atoms with Crippen LogP contribution in [0.1, 0.15) is 0 Å². The third kappa shape index (κ3) is 4.66. The van der Waals surface area contributed by atoms with Gasteiger partial charge in [-0.2, -0.15) is 0 Å². The molecule has 16 radical (unpaired) electrons. The molecule has 220 valence electrons. The summed E-state index contributed by atoms with van der Waals surface area (Å²) in [6.45, 7) is 0. The van der Waals surface area contributed by atoms with Crippen LogP contribution < -0.4 is 43.7 Å². The van der Waals surface area contributed by atoms with Crippen molar-refractivity contribution in [1.29, 1.82) is 0 Å². The summed E-state index contributed by atoms with van der Waals surface area (Å²) in [5, 5.41) is 8.77. The molecular weight excluding hydrogens is 615 g/mol. The molecule has 0 nitrogen and oxygen atoms in total. The lowest BCUT2D eigenvalue weighted by atomic mass is 9.59. The maximum atomic E-state index is 7.07. The molecule has 0 spiro atoms. The summed E-state index contributed by atoms with van der Waals surface area (Å²) < 4.78 is 0. The number of fused-ring (bicyclic) bond motifs is 6. The van der Waals surface area contributed by atoms with Gasteiger partial charge in [-0.1, -0.05) is 131 Å². The van der Waals surface area contributed by atoms with Crippen molar-refractivity contribution in [2.45, 2.75) is 0 Å². The highest BCUT2D eigenvalue weighted by Crippen LogP contribution is 2.45. The van der Waals surface area contributed by atoms with Crippen LogP contribution >= 0.6 is 0 Å². The Balaban J connectivity index is 1.53. The molecule has 0 fully saturated rings. The second-order valence-electron chi connectivity index (χ2n) is 13.4. The van der Waals surface area contributed by atoms with Crippen LogP contribution in [0.4, 0.5) is 0 Å². The van der Waals surface area contributed by atoms with Crippen LogP contribution in [0.3, 0.4) is 0 Å². The smallest absolute Gasteiger partial charge is 0.110 e. The average molecular weight is 635 g/mol. The Hall–Kier alpha value is -5.20. The molecule has 0 unspecified atom stereocenters. The minimum Gasteiger partial charge on any atom is -0.110 e. The Labute approximate surface area is 313 Å². The van der Waals surface area contributed by atoms with Gasteiger partial charge in [0.1, 0.15) is 62.8 Å². The van der Waals surface area contributed by atoms with Crippen molar-refractivity contribution >= 4 is 160 Å². The average Bonchev–Trinajstić information content (AvgIpc) is 3.19. The van der Waals surface area contributed by atoms with E-state index in [1.165, 1.54) is 0 Å². The Morgan fingerprint density at radius 3 is 1.33 bits per heavy atom. The second kappa shape index (κ2) is 12.2. The van der Waals surface area contributed by atoms with Crippen molar-refractivity contribution < 1.29 is 0 Å². The maximum absolute atomic E-state index is 7.07. The summed E-state index contributed by atoms with van der Waals surface area (Å²) in [4.78, 5) is 0. The van der Waals surface area contributed by atoms with E-state index in [0.717, 1.165) is 54.6 Å². The fourth-order valence-corrected chi connectivity index (χ4v) is 8.08. The van der Waals surface area contributed by atoms with Crippen LogP contribution in [-0.2, 0) is 0 Å². The molecule has 0 aliphatic carbocycles. The van der Waals surface area contributed by atoms with Gasteiger partial charge < -0.3 is 0 Å². The largest absolute Gasteiger partial charge is 0.113 e. The van der Waals surface area contributed by atoms with Crippen LogP contribution in [0.25, 0.3) is 87.2 Å². The SMILES string of the molecule is [B]c1c([B])c([B])c2c(-c3cc4ccccc4c4ccccc34)c3c([B])c([B])c([B])c([B])c3c(-c3cccc(-c4cccc5ccccc45)c3)c2c1[B]. The molecule has 0 bridgehead atoms. The minimum absolute atomic E-state index is 0.181. The predicted molar refractivity (Wildman–Crippen MR) is 233 cm³/mol. The van der Waals surface area contributed by atoms with Crippen molar-refractivity contribution in [2.75, 3.05) is 0 Å². The quantitative estimate of drug-likeness (QED) is 0.159. The van der Waals surface area contributed by atoms with Crippen LogP contribution in [0.5, 0.6) is 0 Å². The fourth-order valence-electron chi connectivity index (χ4n) is 8.08. The molecule has 9 rings (SSSR count). The van der Waals surface area contributed by atoms with Gasteiger partial charge in [-0.05, 0) is 99.4 Å². The third-order valence-corrected chi connectivity index (χ3v) is 10.6. The van der Waals surface area contributed by atoms with Gasteiger partial charge in [-0.15, -0.1) is 21.9 Å². The number of benzene rings is 9. The molecule has 0 atom stereocenters. The van der Waals surface area contributed by atoms with E-state index in [1.54, 1.807) is 0 Å². The lowest BCUT2D eigenvalue weighted by Gasteiger charge is -2.29. The van der Waals surface area contributed by atoms with Crippen molar-refractivity contribution in [3.63, 3.8) is 0 Å². The summed E-state index contributed by atoms with van der Waals surface area (Å²) >= 11 is 0. The standard InChI is InChI=1S/C44H20B8/c45-37-33-31(24-13-7-12-22(19-24)26-18-8-11-21-9-1-3-14-25(21)26)34-36(40(48)44(52)42(50)38(34)46)32(35(33)39(47)43(51)41(37)49)30-20-23-10-2-4-15-27(23)28-16-5-6-17-29(28)30/h1-20H. The highest BCUT2D eigenvalue weighted by Gasteiger charge is 2.26. The topological polar surface area (TPSA) is 0 Å². The Bertz CT molecular complexity index is 2920. The van der Waals surface area contributed by atoms with Gasteiger partial charge in [0.2, 0.25) is 0 Å². The van der Waals surface area contributed by atoms with Gasteiger partial charge in [0.25, 0.3) is 0 Å². The third-order valence-electron chi connectivity index (χ3n) is 10.6. The molecule has 52 heavy (non-hydrogen) atoms. The Kier molecular flexibility index (Phi) is 7.67. The molecule has 0 aromatic heterocycles. The predicted octanol–water partition coefficient (Wildman–Crippen LogP) is 2.80. The van der Waals surface area contributed by atoms with Gasteiger partial charge in [0.05, 0.1) is 0 Å².